The van der Waals surface area contributed by atoms with Crippen molar-refractivity contribution in [3.63, 3.8) is 0 Å². The van der Waals surface area contributed by atoms with E-state index in [-0.39, 0.29) is 5.56 Å². The third-order valence-electron chi connectivity index (χ3n) is 3.60. The Kier molecular flexibility index (Phi) is 3.22. The summed E-state index contributed by atoms with van der Waals surface area (Å²) >= 11 is 0. The number of pyridine rings is 2. The van der Waals surface area contributed by atoms with Crippen molar-refractivity contribution in [1.82, 2.24) is 9.97 Å². The summed E-state index contributed by atoms with van der Waals surface area (Å²) < 4.78 is 0. The monoisotopic (exact) mass is 279 g/mol. The van der Waals surface area contributed by atoms with Gasteiger partial charge in [0.05, 0.1) is 16.6 Å². The number of hydrogen-bond acceptors (Lipinski definition) is 3. The summed E-state index contributed by atoms with van der Waals surface area (Å²) in [5, 5.41) is 0.614. The molecule has 0 atom stereocenters. The predicted molar refractivity (Wildman–Crippen MR) is 86.9 cm³/mol. The summed E-state index contributed by atoms with van der Waals surface area (Å²) in [5.41, 5.74) is 4.72. The highest BCUT2D eigenvalue weighted by molar-refractivity contribution is 5.81. The number of benzene rings is 1. The molecule has 3 aromatic rings. The van der Waals surface area contributed by atoms with Gasteiger partial charge in [0, 0.05) is 26.0 Å². The minimum absolute atomic E-state index is 0.107. The maximum Gasteiger partial charge on any atom is 0.257 e. The number of nitrogens with zero attached hydrogens (tertiary/aromatic N) is 2. The number of aryl methyl sites for hydroxylation is 1. The molecular weight excluding hydrogens is 262 g/mol. The Morgan fingerprint density at radius 2 is 1.95 bits per heavy atom. The van der Waals surface area contributed by atoms with Gasteiger partial charge >= 0.3 is 0 Å². The van der Waals surface area contributed by atoms with Gasteiger partial charge in [0.25, 0.3) is 5.56 Å². The molecule has 3 rings (SSSR count). The number of aromatic nitrogens is 2. The fourth-order valence-corrected chi connectivity index (χ4v) is 2.57. The van der Waals surface area contributed by atoms with Crippen molar-refractivity contribution in [1.29, 1.82) is 0 Å². The molecule has 106 valence electrons. The second-order valence-electron chi connectivity index (χ2n) is 5.34. The quantitative estimate of drug-likeness (QED) is 0.784. The standard InChI is InChI=1S/C17H17N3O/c1-11-9-12(6-7-16(11)20(2)3)14-10-15-13(17(21)19-14)5-4-8-18-15/h4-10H,1-3H3,(H,19,21). The van der Waals surface area contributed by atoms with Crippen LogP contribution in [0.5, 0.6) is 0 Å². The van der Waals surface area contributed by atoms with Gasteiger partial charge in [-0.3, -0.25) is 9.78 Å². The summed E-state index contributed by atoms with van der Waals surface area (Å²) in [6.45, 7) is 2.07. The zero-order valence-electron chi connectivity index (χ0n) is 12.3. The Labute approximate surface area is 123 Å². The van der Waals surface area contributed by atoms with Gasteiger partial charge in [-0.1, -0.05) is 6.07 Å². The molecule has 0 bridgehead atoms. The van der Waals surface area contributed by atoms with Crippen molar-refractivity contribution in [3.8, 4) is 11.3 Å². The predicted octanol–water partition coefficient (Wildman–Crippen LogP) is 2.96. The minimum Gasteiger partial charge on any atom is -0.377 e. The van der Waals surface area contributed by atoms with E-state index in [1.807, 2.05) is 26.2 Å². The second kappa shape index (κ2) is 5.05. The largest absolute Gasteiger partial charge is 0.377 e. The number of nitrogens with one attached hydrogen (secondary N) is 1. The lowest BCUT2D eigenvalue weighted by Gasteiger charge is -2.16. The zero-order valence-corrected chi connectivity index (χ0v) is 12.3. The molecule has 0 aliphatic carbocycles. The van der Waals surface area contributed by atoms with Gasteiger partial charge in [0.2, 0.25) is 0 Å². The van der Waals surface area contributed by atoms with Crippen molar-refractivity contribution in [2.75, 3.05) is 19.0 Å². The highest BCUT2D eigenvalue weighted by atomic mass is 16.1. The Morgan fingerprint density at radius 1 is 1.14 bits per heavy atom. The lowest BCUT2D eigenvalue weighted by atomic mass is 10.1. The molecule has 0 spiro atoms. The molecule has 1 N–H and O–H groups in total. The number of aromatic amines is 1. The molecule has 2 aromatic heterocycles. The fourth-order valence-electron chi connectivity index (χ4n) is 2.57. The van der Waals surface area contributed by atoms with E-state index in [1.165, 1.54) is 11.3 Å². The molecule has 21 heavy (non-hydrogen) atoms. The Hall–Kier alpha value is -2.62. The summed E-state index contributed by atoms with van der Waals surface area (Å²) in [4.78, 5) is 21.4. The number of fused-ring (bicyclic) bond motifs is 1. The van der Waals surface area contributed by atoms with Gasteiger partial charge in [-0.25, -0.2) is 0 Å². The van der Waals surface area contributed by atoms with Crippen molar-refractivity contribution in [3.05, 3.63) is 58.5 Å². The lowest BCUT2D eigenvalue weighted by Crippen LogP contribution is -2.10. The average Bonchev–Trinajstić information content (AvgIpc) is 2.46. The van der Waals surface area contributed by atoms with Crippen LogP contribution in [-0.2, 0) is 0 Å². The molecule has 1 aromatic carbocycles. The Bertz CT molecular complexity index is 865. The SMILES string of the molecule is Cc1cc(-c2cc3ncccc3c(=O)[nH]2)ccc1N(C)C. The molecule has 0 radical (unpaired) electrons. The third-order valence-corrected chi connectivity index (χ3v) is 3.60. The third kappa shape index (κ3) is 2.40. The van der Waals surface area contributed by atoms with E-state index in [1.54, 1.807) is 18.3 Å². The summed E-state index contributed by atoms with van der Waals surface area (Å²) in [6.07, 6.45) is 1.70. The van der Waals surface area contributed by atoms with E-state index in [0.717, 1.165) is 11.3 Å². The first-order valence-corrected chi connectivity index (χ1v) is 6.82. The number of anilines is 1. The van der Waals surface area contributed by atoms with E-state index < -0.39 is 0 Å². The van der Waals surface area contributed by atoms with E-state index in [9.17, 15) is 4.79 Å². The van der Waals surface area contributed by atoms with E-state index in [2.05, 4.69) is 33.9 Å². The number of rotatable bonds is 2. The first-order valence-electron chi connectivity index (χ1n) is 6.82. The van der Waals surface area contributed by atoms with Crippen LogP contribution >= 0.6 is 0 Å². The second-order valence-corrected chi connectivity index (χ2v) is 5.34. The van der Waals surface area contributed by atoms with Crippen LogP contribution in [0.1, 0.15) is 5.56 Å². The van der Waals surface area contributed by atoms with Gasteiger partial charge in [-0.2, -0.15) is 0 Å². The van der Waals surface area contributed by atoms with Crippen LogP contribution < -0.4 is 10.5 Å². The lowest BCUT2D eigenvalue weighted by molar-refractivity contribution is 1.11. The molecule has 0 unspecified atom stereocenters. The molecule has 0 aliphatic heterocycles. The molecule has 0 amide bonds. The van der Waals surface area contributed by atoms with Crippen molar-refractivity contribution in [2.45, 2.75) is 6.92 Å². The molecule has 2 heterocycles. The number of hydrogen-bond donors (Lipinski definition) is 1. The van der Waals surface area contributed by atoms with Crippen molar-refractivity contribution >= 4 is 16.6 Å². The highest BCUT2D eigenvalue weighted by Crippen LogP contribution is 2.25. The average molecular weight is 279 g/mol. The van der Waals surface area contributed by atoms with E-state index in [4.69, 9.17) is 0 Å². The molecule has 0 saturated carbocycles. The highest BCUT2D eigenvalue weighted by Gasteiger charge is 2.07. The molecule has 4 heteroatoms. The Balaban J connectivity index is 2.17. The van der Waals surface area contributed by atoms with Crippen LogP contribution in [0.4, 0.5) is 5.69 Å². The molecule has 4 nitrogen and oxygen atoms in total. The minimum atomic E-state index is -0.107. The van der Waals surface area contributed by atoms with E-state index in [0.29, 0.717) is 10.9 Å². The normalized spacial score (nSPS) is 10.8. The zero-order chi connectivity index (χ0) is 15.0. The first kappa shape index (κ1) is 13.4. The fraction of sp³-hybridized carbons (Fsp3) is 0.176. The van der Waals surface area contributed by atoms with Crippen LogP contribution in [0.2, 0.25) is 0 Å². The first-order chi connectivity index (χ1) is 10.1. The van der Waals surface area contributed by atoms with E-state index >= 15 is 0 Å². The smallest absolute Gasteiger partial charge is 0.257 e. The van der Waals surface area contributed by atoms with Gasteiger partial charge in [0.15, 0.2) is 0 Å². The summed E-state index contributed by atoms with van der Waals surface area (Å²) in [6, 6.07) is 11.6. The maximum absolute atomic E-state index is 12.1. The van der Waals surface area contributed by atoms with Gasteiger partial charge < -0.3 is 9.88 Å². The summed E-state index contributed by atoms with van der Waals surface area (Å²) in [7, 11) is 4.04. The molecule has 0 aliphatic rings. The van der Waals surface area contributed by atoms with Crippen LogP contribution in [-0.4, -0.2) is 24.1 Å². The molecule has 0 fully saturated rings. The van der Waals surface area contributed by atoms with Gasteiger partial charge in [-0.05, 0) is 48.4 Å². The van der Waals surface area contributed by atoms with Gasteiger partial charge in [0.1, 0.15) is 0 Å². The van der Waals surface area contributed by atoms with Crippen LogP contribution in [0.3, 0.4) is 0 Å². The number of H-pyrrole nitrogens is 1. The van der Waals surface area contributed by atoms with Crippen LogP contribution in [0.15, 0.2) is 47.4 Å². The van der Waals surface area contributed by atoms with Gasteiger partial charge in [-0.15, -0.1) is 0 Å². The molecule has 0 saturated heterocycles. The van der Waals surface area contributed by atoms with Crippen molar-refractivity contribution < 1.29 is 0 Å². The molecular formula is C17H17N3O. The van der Waals surface area contributed by atoms with Crippen LogP contribution in [0.25, 0.3) is 22.2 Å². The topological polar surface area (TPSA) is 49.0 Å². The van der Waals surface area contributed by atoms with Crippen molar-refractivity contribution in [2.24, 2.45) is 0 Å². The van der Waals surface area contributed by atoms with Crippen LogP contribution in [0, 0.1) is 6.92 Å². The maximum atomic E-state index is 12.1. The Morgan fingerprint density at radius 3 is 2.67 bits per heavy atom. The summed E-state index contributed by atoms with van der Waals surface area (Å²) in [5.74, 6) is 0.